The number of fused-ring (bicyclic) bond motifs is 1. The minimum absolute atomic E-state index is 0.143. The molecule has 1 aromatic rings. The van der Waals surface area contributed by atoms with E-state index in [2.05, 4.69) is 5.32 Å². The van der Waals surface area contributed by atoms with Gasteiger partial charge in [-0.05, 0) is 49.5 Å². The lowest BCUT2D eigenvalue weighted by molar-refractivity contribution is 0.0490. The zero-order valence-corrected chi connectivity index (χ0v) is 15.9. The van der Waals surface area contributed by atoms with E-state index in [0.717, 1.165) is 63.5 Å². The minimum atomic E-state index is 0.143. The number of nitrogens with one attached hydrogen (secondary N) is 1. The van der Waals surface area contributed by atoms with Crippen molar-refractivity contribution < 1.29 is 14.3 Å². The highest BCUT2D eigenvalue weighted by Gasteiger charge is 2.38. The highest BCUT2D eigenvalue weighted by molar-refractivity contribution is 5.95. The van der Waals surface area contributed by atoms with Gasteiger partial charge in [0.1, 0.15) is 0 Å². The molecule has 2 atom stereocenters. The lowest BCUT2D eigenvalue weighted by Crippen LogP contribution is -2.32. The molecular formula is C21H29N3O3. The Morgan fingerprint density at radius 3 is 2.59 bits per heavy atom. The van der Waals surface area contributed by atoms with Crippen molar-refractivity contribution in [1.82, 2.24) is 15.2 Å². The molecule has 1 amide bonds. The molecule has 0 bridgehead atoms. The van der Waals surface area contributed by atoms with Crippen molar-refractivity contribution in [3.63, 3.8) is 0 Å². The van der Waals surface area contributed by atoms with Crippen LogP contribution in [0.2, 0.25) is 0 Å². The van der Waals surface area contributed by atoms with Gasteiger partial charge >= 0.3 is 0 Å². The van der Waals surface area contributed by atoms with E-state index in [0.29, 0.717) is 36.2 Å². The monoisotopic (exact) mass is 371 g/mol. The van der Waals surface area contributed by atoms with Crippen LogP contribution in [0, 0.1) is 17.8 Å². The number of rotatable bonds is 5. The van der Waals surface area contributed by atoms with Crippen LogP contribution >= 0.6 is 0 Å². The summed E-state index contributed by atoms with van der Waals surface area (Å²) in [7, 11) is 0. The molecule has 0 aromatic carbocycles. The molecule has 3 saturated heterocycles. The van der Waals surface area contributed by atoms with Crippen molar-refractivity contribution in [3.8, 4) is 5.88 Å². The molecule has 0 unspecified atom stereocenters. The molecule has 1 N–H and O–H groups in total. The van der Waals surface area contributed by atoms with Crippen molar-refractivity contribution in [2.24, 2.45) is 17.8 Å². The second kappa shape index (κ2) is 7.40. The molecular weight excluding hydrogens is 342 g/mol. The van der Waals surface area contributed by atoms with Gasteiger partial charge in [-0.25, -0.2) is 4.98 Å². The first-order valence-electron chi connectivity index (χ1n) is 10.5. The van der Waals surface area contributed by atoms with Gasteiger partial charge in [0.05, 0.1) is 6.61 Å². The Kier molecular flexibility index (Phi) is 4.78. The lowest BCUT2D eigenvalue weighted by Gasteiger charge is -2.22. The van der Waals surface area contributed by atoms with E-state index < -0.39 is 0 Å². The van der Waals surface area contributed by atoms with Crippen LogP contribution in [0.25, 0.3) is 0 Å². The number of likely N-dealkylation sites (tertiary alicyclic amines) is 1. The van der Waals surface area contributed by atoms with E-state index in [4.69, 9.17) is 14.5 Å². The molecule has 5 rings (SSSR count). The Morgan fingerprint density at radius 2 is 1.89 bits per heavy atom. The number of carbonyl (C=O) groups is 1. The molecule has 1 aliphatic carbocycles. The van der Waals surface area contributed by atoms with Gasteiger partial charge in [-0.3, -0.25) is 4.79 Å². The average molecular weight is 371 g/mol. The summed E-state index contributed by atoms with van der Waals surface area (Å²) >= 11 is 0. The van der Waals surface area contributed by atoms with Crippen LogP contribution in [0.1, 0.15) is 47.7 Å². The molecule has 1 saturated carbocycles. The third-order valence-corrected chi connectivity index (χ3v) is 6.55. The summed E-state index contributed by atoms with van der Waals surface area (Å²) in [6.45, 7) is 6.12. The maximum atomic E-state index is 13.1. The van der Waals surface area contributed by atoms with Crippen molar-refractivity contribution in [3.05, 3.63) is 23.4 Å². The number of amides is 1. The molecule has 6 heteroatoms. The fourth-order valence-electron chi connectivity index (χ4n) is 4.63. The summed E-state index contributed by atoms with van der Waals surface area (Å²) in [4.78, 5) is 19.9. The standard InChI is InChI=1S/C21H29N3O3/c25-21(24-11-17-9-22-10-18(17)12-24)16-7-19(15-1-2-15)23-20(8-16)27-13-14-3-5-26-6-4-14/h7-8,14-15,17-18,22H,1-6,9-13H2/t17-,18-/m0/s1. The van der Waals surface area contributed by atoms with Gasteiger partial charge in [-0.15, -0.1) is 0 Å². The van der Waals surface area contributed by atoms with Gasteiger partial charge in [-0.1, -0.05) is 0 Å². The van der Waals surface area contributed by atoms with Gasteiger partial charge in [0, 0.05) is 62.6 Å². The zero-order chi connectivity index (χ0) is 18.2. The fraction of sp³-hybridized carbons (Fsp3) is 0.714. The number of carbonyl (C=O) groups excluding carboxylic acids is 1. The number of ether oxygens (including phenoxy) is 2. The molecule has 27 heavy (non-hydrogen) atoms. The molecule has 1 aromatic heterocycles. The number of nitrogens with zero attached hydrogens (tertiary/aromatic N) is 2. The van der Waals surface area contributed by atoms with Crippen LogP contribution in [0.5, 0.6) is 5.88 Å². The summed E-state index contributed by atoms with van der Waals surface area (Å²) in [6.07, 6.45) is 4.42. The third kappa shape index (κ3) is 3.83. The number of pyridine rings is 1. The second-order valence-electron chi connectivity index (χ2n) is 8.65. The van der Waals surface area contributed by atoms with Gasteiger partial charge in [-0.2, -0.15) is 0 Å². The van der Waals surface area contributed by atoms with Crippen molar-refractivity contribution in [1.29, 1.82) is 0 Å². The Hall–Kier alpha value is -1.66. The Bertz CT molecular complexity index is 688. The molecule has 4 fully saturated rings. The third-order valence-electron chi connectivity index (χ3n) is 6.55. The molecule has 3 aliphatic heterocycles. The van der Waals surface area contributed by atoms with Crippen LogP contribution in [0.4, 0.5) is 0 Å². The highest BCUT2D eigenvalue weighted by Crippen LogP contribution is 2.40. The second-order valence-corrected chi connectivity index (χ2v) is 8.65. The van der Waals surface area contributed by atoms with Crippen molar-refractivity contribution >= 4 is 5.91 Å². The molecule has 146 valence electrons. The summed E-state index contributed by atoms with van der Waals surface area (Å²) in [5.41, 5.74) is 1.78. The van der Waals surface area contributed by atoms with E-state index in [1.165, 1.54) is 12.8 Å². The zero-order valence-electron chi connectivity index (χ0n) is 15.9. The smallest absolute Gasteiger partial charge is 0.254 e. The van der Waals surface area contributed by atoms with E-state index in [-0.39, 0.29) is 5.91 Å². The maximum absolute atomic E-state index is 13.1. The summed E-state index contributed by atoms with van der Waals surface area (Å²) in [6, 6.07) is 3.87. The Labute approximate surface area is 160 Å². The van der Waals surface area contributed by atoms with Gasteiger partial charge < -0.3 is 19.7 Å². The van der Waals surface area contributed by atoms with Gasteiger partial charge in [0.15, 0.2) is 0 Å². The molecule has 0 spiro atoms. The van der Waals surface area contributed by atoms with Gasteiger partial charge in [0.2, 0.25) is 5.88 Å². The van der Waals surface area contributed by atoms with E-state index in [1.807, 2.05) is 17.0 Å². The first-order valence-corrected chi connectivity index (χ1v) is 10.5. The summed E-state index contributed by atoms with van der Waals surface area (Å²) in [5.74, 6) is 3.02. The van der Waals surface area contributed by atoms with E-state index in [9.17, 15) is 4.79 Å². The predicted molar refractivity (Wildman–Crippen MR) is 101 cm³/mol. The molecule has 6 nitrogen and oxygen atoms in total. The van der Waals surface area contributed by atoms with Crippen LogP contribution < -0.4 is 10.1 Å². The molecule has 0 radical (unpaired) electrons. The van der Waals surface area contributed by atoms with Crippen LogP contribution in [0.3, 0.4) is 0 Å². The van der Waals surface area contributed by atoms with E-state index in [1.54, 1.807) is 0 Å². The van der Waals surface area contributed by atoms with Crippen LogP contribution in [-0.2, 0) is 4.74 Å². The average Bonchev–Trinajstić information content (AvgIpc) is 3.34. The van der Waals surface area contributed by atoms with Gasteiger partial charge in [0.25, 0.3) is 5.91 Å². The summed E-state index contributed by atoms with van der Waals surface area (Å²) < 4.78 is 11.5. The maximum Gasteiger partial charge on any atom is 0.254 e. The Morgan fingerprint density at radius 1 is 1.15 bits per heavy atom. The normalized spacial score (nSPS) is 28.4. The number of hydrogen-bond acceptors (Lipinski definition) is 5. The molecule has 4 aliphatic rings. The van der Waals surface area contributed by atoms with E-state index >= 15 is 0 Å². The molecule has 4 heterocycles. The van der Waals surface area contributed by atoms with Crippen molar-refractivity contribution in [2.45, 2.75) is 31.6 Å². The van der Waals surface area contributed by atoms with Crippen LogP contribution in [0.15, 0.2) is 12.1 Å². The first-order chi connectivity index (χ1) is 13.3. The Balaban J connectivity index is 1.30. The van der Waals surface area contributed by atoms with Crippen LogP contribution in [-0.4, -0.2) is 61.8 Å². The SMILES string of the molecule is O=C(c1cc(OCC2CCOCC2)nc(C2CC2)c1)N1C[C@@H]2CNC[C@H]2C1. The first kappa shape index (κ1) is 17.4. The number of aromatic nitrogens is 1. The predicted octanol–water partition coefficient (Wildman–Crippen LogP) is 2.06. The number of hydrogen-bond donors (Lipinski definition) is 1. The topological polar surface area (TPSA) is 63.7 Å². The summed E-state index contributed by atoms with van der Waals surface area (Å²) in [5, 5.41) is 3.44. The highest BCUT2D eigenvalue weighted by atomic mass is 16.5. The fourth-order valence-corrected chi connectivity index (χ4v) is 4.63. The quantitative estimate of drug-likeness (QED) is 0.858. The lowest BCUT2D eigenvalue weighted by atomic mass is 10.0. The largest absolute Gasteiger partial charge is 0.477 e. The minimum Gasteiger partial charge on any atom is -0.477 e. The van der Waals surface area contributed by atoms with Crippen molar-refractivity contribution in [2.75, 3.05) is 46.0 Å².